The molecule has 0 spiro atoms. The van der Waals surface area contributed by atoms with E-state index >= 15 is 0 Å². The summed E-state index contributed by atoms with van der Waals surface area (Å²) in [6.45, 7) is 3.29. The second kappa shape index (κ2) is 7.94. The zero-order valence-electron chi connectivity index (χ0n) is 14.2. The van der Waals surface area contributed by atoms with Gasteiger partial charge in [-0.15, -0.1) is 11.3 Å². The monoisotopic (exact) mass is 357 g/mol. The number of halogens is 1. The minimum absolute atomic E-state index is 0.283. The molecule has 3 rings (SSSR count). The predicted octanol–water partition coefficient (Wildman–Crippen LogP) is 3.25. The van der Waals surface area contributed by atoms with E-state index in [1.54, 1.807) is 47.7 Å². The second-order valence-electron chi connectivity index (χ2n) is 5.55. The van der Waals surface area contributed by atoms with Crippen LogP contribution in [0.1, 0.15) is 15.3 Å². The van der Waals surface area contributed by atoms with E-state index in [0.717, 1.165) is 5.56 Å². The largest absolute Gasteiger partial charge is 0.352 e. The molecule has 130 valence electrons. The van der Waals surface area contributed by atoms with E-state index in [0.29, 0.717) is 24.7 Å². The second-order valence-corrected chi connectivity index (χ2v) is 6.92. The Labute approximate surface area is 150 Å². The van der Waals surface area contributed by atoms with Crippen molar-refractivity contribution in [3.8, 4) is 5.69 Å². The molecule has 1 aromatic carbocycles. The number of benzene rings is 1. The molecular weight excluding hydrogens is 337 g/mol. The Morgan fingerprint density at radius 1 is 1.24 bits per heavy atom. The maximum atomic E-state index is 14.3. The fourth-order valence-electron chi connectivity index (χ4n) is 2.43. The Morgan fingerprint density at radius 3 is 2.72 bits per heavy atom. The summed E-state index contributed by atoms with van der Waals surface area (Å²) in [6, 6.07) is 9.37. The summed E-state index contributed by atoms with van der Waals surface area (Å²) < 4.78 is 15.9. The van der Waals surface area contributed by atoms with Crippen LogP contribution >= 0.6 is 11.3 Å². The van der Waals surface area contributed by atoms with Crippen LogP contribution in [0, 0.1) is 12.7 Å². The number of hydrogen-bond acceptors (Lipinski definition) is 3. The minimum Gasteiger partial charge on any atom is -0.352 e. The topological polar surface area (TPSA) is 54.2 Å². The van der Waals surface area contributed by atoms with Crippen LogP contribution in [0.2, 0.25) is 0 Å². The average Bonchev–Trinajstić information content (AvgIpc) is 3.27. The van der Waals surface area contributed by atoms with Crippen molar-refractivity contribution in [2.45, 2.75) is 20.0 Å². The van der Waals surface area contributed by atoms with Gasteiger partial charge in [0.2, 0.25) is 0 Å². The number of aromatic nitrogens is 2. The lowest BCUT2D eigenvalue weighted by molar-refractivity contribution is 0.615. The Kier molecular flexibility index (Phi) is 5.45. The third-order valence-electron chi connectivity index (χ3n) is 3.70. The normalized spacial score (nSPS) is 11.6. The van der Waals surface area contributed by atoms with Gasteiger partial charge in [0.15, 0.2) is 5.96 Å². The van der Waals surface area contributed by atoms with Gasteiger partial charge in [-0.3, -0.25) is 4.99 Å². The number of thiophene rings is 1. The van der Waals surface area contributed by atoms with Gasteiger partial charge in [-0.1, -0.05) is 6.07 Å². The minimum atomic E-state index is -0.283. The Bertz CT molecular complexity index is 854. The first-order valence-corrected chi connectivity index (χ1v) is 8.74. The van der Waals surface area contributed by atoms with Crippen LogP contribution in [0.4, 0.5) is 4.39 Å². The molecular formula is C18H20FN5S. The molecule has 0 unspecified atom stereocenters. The number of guanidine groups is 1. The van der Waals surface area contributed by atoms with Crippen molar-refractivity contribution in [1.82, 2.24) is 20.2 Å². The number of aryl methyl sites for hydroxylation is 1. The Morgan fingerprint density at radius 2 is 2.08 bits per heavy atom. The van der Waals surface area contributed by atoms with Gasteiger partial charge in [-0.25, -0.2) is 9.37 Å². The first-order valence-electron chi connectivity index (χ1n) is 7.92. The molecule has 3 aromatic rings. The van der Waals surface area contributed by atoms with E-state index in [1.165, 1.54) is 15.8 Å². The molecule has 5 nitrogen and oxygen atoms in total. The van der Waals surface area contributed by atoms with Gasteiger partial charge in [0.05, 0.1) is 18.6 Å². The van der Waals surface area contributed by atoms with Crippen LogP contribution in [0.5, 0.6) is 0 Å². The van der Waals surface area contributed by atoms with Crippen molar-refractivity contribution >= 4 is 17.3 Å². The number of imidazole rings is 1. The zero-order chi connectivity index (χ0) is 17.6. The van der Waals surface area contributed by atoms with Crippen molar-refractivity contribution in [2.75, 3.05) is 7.05 Å². The number of hydrogen-bond donors (Lipinski definition) is 2. The highest BCUT2D eigenvalue weighted by atomic mass is 32.1. The van der Waals surface area contributed by atoms with Crippen molar-refractivity contribution in [3.63, 3.8) is 0 Å². The molecule has 0 fully saturated rings. The number of aliphatic imine (C=N–C) groups is 1. The predicted molar refractivity (Wildman–Crippen MR) is 99.6 cm³/mol. The summed E-state index contributed by atoms with van der Waals surface area (Å²) in [5.41, 5.74) is 1.33. The lowest BCUT2D eigenvalue weighted by atomic mass is 10.2. The molecule has 0 aliphatic rings. The first kappa shape index (κ1) is 17.2. The summed E-state index contributed by atoms with van der Waals surface area (Å²) in [5.74, 6) is 0.402. The maximum Gasteiger partial charge on any atom is 0.191 e. The van der Waals surface area contributed by atoms with Crippen LogP contribution in [-0.4, -0.2) is 22.6 Å². The fourth-order valence-corrected chi connectivity index (χ4v) is 3.26. The first-order chi connectivity index (χ1) is 12.2. The van der Waals surface area contributed by atoms with E-state index in [2.05, 4.69) is 39.7 Å². The van der Waals surface area contributed by atoms with E-state index in [4.69, 9.17) is 0 Å². The molecule has 0 aliphatic carbocycles. The third kappa shape index (κ3) is 4.45. The van der Waals surface area contributed by atoms with E-state index < -0.39 is 0 Å². The van der Waals surface area contributed by atoms with Gasteiger partial charge >= 0.3 is 0 Å². The fraction of sp³-hybridized carbons (Fsp3) is 0.222. The quantitative estimate of drug-likeness (QED) is 0.544. The van der Waals surface area contributed by atoms with Crippen molar-refractivity contribution in [1.29, 1.82) is 0 Å². The van der Waals surface area contributed by atoms with Gasteiger partial charge in [-0.05, 0) is 36.8 Å². The smallest absolute Gasteiger partial charge is 0.191 e. The summed E-state index contributed by atoms with van der Waals surface area (Å²) in [5, 5.41) is 6.46. The third-order valence-corrected chi connectivity index (χ3v) is 4.70. The highest BCUT2D eigenvalue weighted by molar-refractivity contribution is 7.11. The molecule has 0 amide bonds. The summed E-state index contributed by atoms with van der Waals surface area (Å²) >= 11 is 1.75. The summed E-state index contributed by atoms with van der Waals surface area (Å²) in [4.78, 5) is 10.7. The molecule has 7 heteroatoms. The van der Waals surface area contributed by atoms with Gasteiger partial charge in [0, 0.05) is 35.7 Å². The van der Waals surface area contributed by atoms with Crippen LogP contribution < -0.4 is 10.6 Å². The summed E-state index contributed by atoms with van der Waals surface area (Å²) in [7, 11) is 1.72. The summed E-state index contributed by atoms with van der Waals surface area (Å²) in [6.07, 6.45) is 4.92. The molecule has 0 atom stereocenters. The highest BCUT2D eigenvalue weighted by Crippen LogP contribution is 2.15. The lowest BCUT2D eigenvalue weighted by Gasteiger charge is -2.12. The van der Waals surface area contributed by atoms with E-state index in [-0.39, 0.29) is 5.82 Å². The van der Waals surface area contributed by atoms with Crippen LogP contribution in [0.15, 0.2) is 54.0 Å². The van der Waals surface area contributed by atoms with Gasteiger partial charge in [0.1, 0.15) is 5.82 Å². The molecule has 2 heterocycles. The standard InChI is InChI=1S/C18H20FN5S/c1-13-3-5-15(25-13)11-23-18(20-2)22-10-14-4-6-17(16(19)9-14)24-8-7-21-12-24/h3-9,12H,10-11H2,1-2H3,(H2,20,22,23). The zero-order valence-corrected chi connectivity index (χ0v) is 15.0. The van der Waals surface area contributed by atoms with E-state index in [1.807, 2.05) is 6.07 Å². The van der Waals surface area contributed by atoms with Crippen LogP contribution in [0.3, 0.4) is 0 Å². The van der Waals surface area contributed by atoms with E-state index in [9.17, 15) is 4.39 Å². The molecule has 0 aliphatic heterocycles. The molecule has 2 N–H and O–H groups in total. The lowest BCUT2D eigenvalue weighted by Crippen LogP contribution is -2.36. The van der Waals surface area contributed by atoms with Gasteiger partial charge in [0.25, 0.3) is 0 Å². The Balaban J connectivity index is 1.57. The SMILES string of the molecule is CN=C(NCc1ccc(-n2ccnc2)c(F)c1)NCc1ccc(C)s1. The number of nitrogens with one attached hydrogen (secondary N) is 2. The van der Waals surface area contributed by atoms with Crippen LogP contribution in [-0.2, 0) is 13.1 Å². The van der Waals surface area contributed by atoms with Crippen LogP contribution in [0.25, 0.3) is 5.69 Å². The molecule has 0 radical (unpaired) electrons. The highest BCUT2D eigenvalue weighted by Gasteiger charge is 2.06. The van der Waals surface area contributed by atoms with Crippen molar-refractivity contribution in [2.24, 2.45) is 4.99 Å². The van der Waals surface area contributed by atoms with Crippen molar-refractivity contribution in [3.05, 3.63) is 70.2 Å². The van der Waals surface area contributed by atoms with Gasteiger partial charge in [-0.2, -0.15) is 0 Å². The number of rotatable bonds is 5. The van der Waals surface area contributed by atoms with Crippen molar-refractivity contribution < 1.29 is 4.39 Å². The molecule has 0 bridgehead atoms. The average molecular weight is 357 g/mol. The molecule has 25 heavy (non-hydrogen) atoms. The molecule has 2 aromatic heterocycles. The Hall–Kier alpha value is -2.67. The number of nitrogens with zero attached hydrogens (tertiary/aromatic N) is 3. The molecule has 0 saturated carbocycles. The molecule has 0 saturated heterocycles. The maximum absolute atomic E-state index is 14.3. The van der Waals surface area contributed by atoms with Gasteiger partial charge < -0.3 is 15.2 Å².